The molecule has 0 unspecified atom stereocenters. The van der Waals surface area contributed by atoms with Gasteiger partial charge < -0.3 is 14.6 Å². The molecule has 4 rings (SSSR count). The standard InChI is InChI=1S/C26H30ClN3O4S/c1-4-19-17(11-14-33-25(31)26(32)12-6-13-28-26)7-5-8-20(19)24-30-29-23(35-24)18-9-10-22(21(27)15-18)34-16(2)3/h5,7-10,15-16,28,32H,4,6,11-14H2,1-3H3/t26-/m1/s1. The summed E-state index contributed by atoms with van der Waals surface area (Å²) in [6.45, 7) is 6.82. The van der Waals surface area contributed by atoms with Crippen LogP contribution in [-0.4, -0.2) is 46.3 Å². The molecule has 7 nitrogen and oxygen atoms in total. The quantitative estimate of drug-likeness (QED) is 0.386. The Balaban J connectivity index is 1.49. The second-order valence-corrected chi connectivity index (χ2v) is 10.2. The molecule has 0 bridgehead atoms. The molecule has 2 heterocycles. The molecule has 0 spiro atoms. The van der Waals surface area contributed by atoms with Gasteiger partial charge in [0.2, 0.25) is 5.72 Å². The predicted octanol–water partition coefficient (Wildman–Crippen LogP) is 5.03. The van der Waals surface area contributed by atoms with Crippen LogP contribution in [-0.2, 0) is 22.4 Å². The third-order valence-corrected chi connectivity index (χ3v) is 7.20. The Morgan fingerprint density at radius 2 is 2.06 bits per heavy atom. The monoisotopic (exact) mass is 515 g/mol. The number of aliphatic hydroxyl groups is 1. The van der Waals surface area contributed by atoms with Gasteiger partial charge in [0, 0.05) is 24.0 Å². The lowest BCUT2D eigenvalue weighted by molar-refractivity contribution is -0.167. The fourth-order valence-corrected chi connectivity index (χ4v) is 5.31. The minimum Gasteiger partial charge on any atom is -0.489 e. The van der Waals surface area contributed by atoms with Gasteiger partial charge >= 0.3 is 5.97 Å². The zero-order valence-electron chi connectivity index (χ0n) is 20.1. The van der Waals surface area contributed by atoms with E-state index in [1.807, 2.05) is 50.2 Å². The van der Waals surface area contributed by atoms with Crippen molar-refractivity contribution in [2.24, 2.45) is 0 Å². The summed E-state index contributed by atoms with van der Waals surface area (Å²) in [7, 11) is 0. The average Bonchev–Trinajstić information content (AvgIpc) is 3.50. The number of esters is 1. The van der Waals surface area contributed by atoms with Gasteiger partial charge in [0.25, 0.3) is 0 Å². The number of ether oxygens (including phenoxy) is 2. The van der Waals surface area contributed by atoms with Crippen molar-refractivity contribution in [2.45, 2.75) is 58.3 Å². The van der Waals surface area contributed by atoms with E-state index in [-0.39, 0.29) is 12.7 Å². The molecule has 9 heteroatoms. The first-order valence-corrected chi connectivity index (χ1v) is 13.1. The van der Waals surface area contributed by atoms with Crippen molar-refractivity contribution in [1.82, 2.24) is 15.5 Å². The van der Waals surface area contributed by atoms with E-state index in [0.717, 1.165) is 45.1 Å². The highest BCUT2D eigenvalue weighted by molar-refractivity contribution is 7.17. The van der Waals surface area contributed by atoms with Crippen LogP contribution in [0.1, 0.15) is 44.7 Å². The number of hydrogen-bond donors (Lipinski definition) is 2. The number of carbonyl (C=O) groups excluding carboxylic acids is 1. The first kappa shape index (κ1) is 25.6. The SMILES string of the molecule is CCc1c(CCOC(=O)[C@]2(O)CCCN2)cccc1-c1nnc(-c2ccc(OC(C)C)c(Cl)c2)s1. The number of aromatic nitrogens is 2. The Kier molecular flexibility index (Phi) is 8.06. The summed E-state index contributed by atoms with van der Waals surface area (Å²) in [6, 6.07) is 11.7. The lowest BCUT2D eigenvalue weighted by Crippen LogP contribution is -2.48. The Morgan fingerprint density at radius 3 is 2.74 bits per heavy atom. The summed E-state index contributed by atoms with van der Waals surface area (Å²) in [6.07, 6.45) is 2.52. The van der Waals surface area contributed by atoms with Crippen molar-refractivity contribution in [1.29, 1.82) is 0 Å². The first-order valence-electron chi connectivity index (χ1n) is 11.9. The third-order valence-electron chi connectivity index (χ3n) is 5.90. The molecule has 2 N–H and O–H groups in total. The van der Waals surface area contributed by atoms with Crippen molar-refractivity contribution in [2.75, 3.05) is 13.2 Å². The Hall–Kier alpha value is -2.52. The fraction of sp³-hybridized carbons (Fsp3) is 0.423. The van der Waals surface area contributed by atoms with E-state index in [1.54, 1.807) is 0 Å². The van der Waals surface area contributed by atoms with Crippen LogP contribution in [0.5, 0.6) is 5.75 Å². The summed E-state index contributed by atoms with van der Waals surface area (Å²) < 4.78 is 11.1. The molecule has 0 aliphatic carbocycles. The van der Waals surface area contributed by atoms with E-state index in [9.17, 15) is 9.90 Å². The maximum absolute atomic E-state index is 12.3. The topological polar surface area (TPSA) is 93.6 Å². The highest BCUT2D eigenvalue weighted by atomic mass is 35.5. The van der Waals surface area contributed by atoms with Gasteiger partial charge in [-0.1, -0.05) is 48.1 Å². The lowest BCUT2D eigenvalue weighted by atomic mass is 9.97. The molecule has 0 radical (unpaired) electrons. The molecule has 1 aliphatic heterocycles. The zero-order chi connectivity index (χ0) is 25.0. The normalized spacial score (nSPS) is 17.7. The molecule has 35 heavy (non-hydrogen) atoms. The molecule has 1 aliphatic rings. The van der Waals surface area contributed by atoms with Gasteiger partial charge in [-0.05, 0) is 62.6 Å². The molecular weight excluding hydrogens is 486 g/mol. The Morgan fingerprint density at radius 1 is 1.26 bits per heavy atom. The van der Waals surface area contributed by atoms with Gasteiger partial charge in [-0.25, -0.2) is 4.79 Å². The van der Waals surface area contributed by atoms with E-state index in [1.165, 1.54) is 11.3 Å². The fourth-order valence-electron chi connectivity index (χ4n) is 4.19. The van der Waals surface area contributed by atoms with Crippen LogP contribution < -0.4 is 10.1 Å². The molecule has 1 atom stereocenters. The molecule has 186 valence electrons. The molecule has 2 aromatic carbocycles. The van der Waals surface area contributed by atoms with Crippen molar-refractivity contribution in [3.05, 3.63) is 52.5 Å². The summed E-state index contributed by atoms with van der Waals surface area (Å²) in [4.78, 5) is 12.3. The summed E-state index contributed by atoms with van der Waals surface area (Å²) in [5.41, 5.74) is 2.57. The number of benzene rings is 2. The molecule has 0 amide bonds. The van der Waals surface area contributed by atoms with Gasteiger partial charge in [-0.15, -0.1) is 10.2 Å². The molecule has 3 aromatic rings. The van der Waals surface area contributed by atoms with Gasteiger partial charge in [0.15, 0.2) is 0 Å². The zero-order valence-corrected chi connectivity index (χ0v) is 21.7. The van der Waals surface area contributed by atoms with E-state index < -0.39 is 11.7 Å². The Labute approximate surface area is 214 Å². The number of halogens is 1. The summed E-state index contributed by atoms with van der Waals surface area (Å²) in [5, 5.41) is 24.1. The van der Waals surface area contributed by atoms with Crippen LogP contribution in [0.3, 0.4) is 0 Å². The van der Waals surface area contributed by atoms with Crippen molar-refractivity contribution >= 4 is 28.9 Å². The minimum absolute atomic E-state index is 0.0406. The number of rotatable bonds is 9. The second-order valence-electron chi connectivity index (χ2n) is 8.80. The van der Waals surface area contributed by atoms with E-state index in [0.29, 0.717) is 30.2 Å². The predicted molar refractivity (Wildman–Crippen MR) is 138 cm³/mol. The summed E-state index contributed by atoms with van der Waals surface area (Å²) >= 11 is 7.91. The van der Waals surface area contributed by atoms with Crippen LogP contribution >= 0.6 is 22.9 Å². The van der Waals surface area contributed by atoms with Gasteiger partial charge in [-0.2, -0.15) is 0 Å². The van der Waals surface area contributed by atoms with Gasteiger partial charge in [0.05, 0.1) is 17.7 Å². The summed E-state index contributed by atoms with van der Waals surface area (Å²) in [5.74, 6) is 0.0362. The van der Waals surface area contributed by atoms with Crippen molar-refractivity contribution in [3.63, 3.8) is 0 Å². The number of carbonyl (C=O) groups is 1. The first-order chi connectivity index (χ1) is 16.8. The van der Waals surface area contributed by atoms with Crippen LogP contribution in [0.2, 0.25) is 5.02 Å². The number of nitrogens with one attached hydrogen (secondary N) is 1. The molecule has 1 saturated heterocycles. The van der Waals surface area contributed by atoms with E-state index >= 15 is 0 Å². The van der Waals surface area contributed by atoms with E-state index in [2.05, 4.69) is 22.4 Å². The highest BCUT2D eigenvalue weighted by Crippen LogP contribution is 2.36. The maximum atomic E-state index is 12.3. The largest absolute Gasteiger partial charge is 0.489 e. The van der Waals surface area contributed by atoms with Crippen LogP contribution in [0.4, 0.5) is 0 Å². The van der Waals surface area contributed by atoms with Crippen LogP contribution in [0.15, 0.2) is 36.4 Å². The molecular formula is C26H30ClN3O4S. The number of hydrogen-bond acceptors (Lipinski definition) is 8. The minimum atomic E-state index is -1.56. The maximum Gasteiger partial charge on any atom is 0.353 e. The van der Waals surface area contributed by atoms with E-state index in [4.69, 9.17) is 21.1 Å². The van der Waals surface area contributed by atoms with Crippen molar-refractivity contribution in [3.8, 4) is 26.9 Å². The number of nitrogens with zero attached hydrogens (tertiary/aromatic N) is 2. The van der Waals surface area contributed by atoms with Gasteiger partial charge in [-0.3, -0.25) is 5.32 Å². The van der Waals surface area contributed by atoms with Crippen LogP contribution in [0, 0.1) is 0 Å². The molecule has 0 saturated carbocycles. The van der Waals surface area contributed by atoms with Crippen LogP contribution in [0.25, 0.3) is 21.1 Å². The lowest BCUT2D eigenvalue weighted by Gasteiger charge is -2.20. The Bertz CT molecular complexity index is 1190. The van der Waals surface area contributed by atoms with Gasteiger partial charge in [0.1, 0.15) is 15.8 Å². The second kappa shape index (κ2) is 11.0. The van der Waals surface area contributed by atoms with Crippen molar-refractivity contribution < 1.29 is 19.4 Å². The third kappa shape index (κ3) is 5.83. The average molecular weight is 516 g/mol. The molecule has 1 fully saturated rings. The molecule has 1 aromatic heterocycles. The highest BCUT2D eigenvalue weighted by Gasteiger charge is 2.40. The smallest absolute Gasteiger partial charge is 0.353 e.